The van der Waals surface area contributed by atoms with E-state index in [0.717, 1.165) is 47.4 Å². The van der Waals surface area contributed by atoms with Crippen LogP contribution in [0.1, 0.15) is 56.1 Å². The molecule has 0 aliphatic heterocycles. The third-order valence-electron chi connectivity index (χ3n) is 5.77. The van der Waals surface area contributed by atoms with Gasteiger partial charge in [-0.05, 0) is 32.3 Å². The highest BCUT2D eigenvalue weighted by atomic mass is 16.5. The van der Waals surface area contributed by atoms with E-state index in [1.165, 1.54) is 19.3 Å². The number of fused-ring (bicyclic) bond motifs is 1. The number of nitrogens with one attached hydrogen (secondary N) is 1. The van der Waals surface area contributed by atoms with Crippen LogP contribution in [-0.4, -0.2) is 40.2 Å². The van der Waals surface area contributed by atoms with Crippen LogP contribution < -0.4 is 11.1 Å². The van der Waals surface area contributed by atoms with Gasteiger partial charge in [0.15, 0.2) is 5.82 Å². The van der Waals surface area contributed by atoms with Crippen molar-refractivity contribution >= 4 is 22.8 Å². The molecule has 0 atom stereocenters. The van der Waals surface area contributed by atoms with Gasteiger partial charge in [-0.25, -0.2) is 9.97 Å². The number of aromatic nitrogens is 3. The van der Waals surface area contributed by atoms with Crippen molar-refractivity contribution in [1.29, 1.82) is 0 Å². The minimum atomic E-state index is 0.186. The Morgan fingerprint density at radius 2 is 1.96 bits per heavy atom. The van der Waals surface area contributed by atoms with Gasteiger partial charge in [0.05, 0.1) is 18.7 Å². The smallest absolute Gasteiger partial charge is 0.223 e. The summed E-state index contributed by atoms with van der Waals surface area (Å²) in [5, 5.41) is 3.01. The lowest BCUT2D eigenvalue weighted by molar-refractivity contribution is -0.126. The zero-order valence-corrected chi connectivity index (χ0v) is 17.4. The number of anilines is 1. The Hall–Kier alpha value is -2.15. The molecular weight excluding hydrogens is 354 g/mol. The number of ether oxygens (including phenoxy) is 1. The van der Waals surface area contributed by atoms with Crippen molar-refractivity contribution in [3.63, 3.8) is 0 Å². The van der Waals surface area contributed by atoms with E-state index in [9.17, 15) is 4.79 Å². The van der Waals surface area contributed by atoms with Crippen LogP contribution in [-0.2, 0) is 22.5 Å². The molecule has 3 N–H and O–H groups in total. The summed E-state index contributed by atoms with van der Waals surface area (Å²) >= 11 is 0. The monoisotopic (exact) mass is 387 g/mol. The minimum Gasteiger partial charge on any atom is -0.382 e. The SMILES string of the molecule is CCc1nc2c(N)nc(C)c(C)c2n1CCOCCNC(=O)C1CCCCC1. The Bertz CT molecular complexity index is 824. The number of amides is 1. The molecule has 0 aromatic carbocycles. The van der Waals surface area contributed by atoms with Crippen molar-refractivity contribution in [2.75, 3.05) is 25.5 Å². The predicted octanol–water partition coefficient (Wildman–Crippen LogP) is 2.91. The molecule has 2 aromatic heterocycles. The lowest BCUT2D eigenvalue weighted by Crippen LogP contribution is -2.34. The zero-order chi connectivity index (χ0) is 20.1. The highest BCUT2D eigenvalue weighted by molar-refractivity contribution is 5.88. The van der Waals surface area contributed by atoms with Gasteiger partial charge in [0.1, 0.15) is 11.3 Å². The van der Waals surface area contributed by atoms with Crippen molar-refractivity contribution in [2.24, 2.45) is 5.92 Å². The maximum absolute atomic E-state index is 12.2. The van der Waals surface area contributed by atoms with Crippen LogP contribution in [0.4, 0.5) is 5.82 Å². The van der Waals surface area contributed by atoms with Gasteiger partial charge in [-0.1, -0.05) is 26.2 Å². The highest BCUT2D eigenvalue weighted by Gasteiger charge is 2.20. The molecule has 1 aliphatic rings. The number of carbonyl (C=O) groups excluding carboxylic acids is 1. The molecule has 7 heteroatoms. The van der Waals surface area contributed by atoms with Gasteiger partial charge in [-0.15, -0.1) is 0 Å². The van der Waals surface area contributed by atoms with Crippen LogP contribution in [0.15, 0.2) is 0 Å². The number of hydrogen-bond donors (Lipinski definition) is 2. The zero-order valence-electron chi connectivity index (χ0n) is 17.4. The fourth-order valence-corrected chi connectivity index (χ4v) is 4.07. The van der Waals surface area contributed by atoms with Crippen LogP contribution in [0, 0.1) is 19.8 Å². The van der Waals surface area contributed by atoms with E-state index in [2.05, 4.69) is 33.7 Å². The van der Waals surface area contributed by atoms with Gasteiger partial charge >= 0.3 is 0 Å². The first kappa shape index (κ1) is 20.6. The van der Waals surface area contributed by atoms with Crippen LogP contribution in [0.2, 0.25) is 0 Å². The lowest BCUT2D eigenvalue weighted by atomic mass is 9.89. The van der Waals surface area contributed by atoms with Gasteiger partial charge in [0.25, 0.3) is 0 Å². The van der Waals surface area contributed by atoms with Gasteiger partial charge in [-0.2, -0.15) is 0 Å². The number of hydrogen-bond acceptors (Lipinski definition) is 5. The van der Waals surface area contributed by atoms with Crippen molar-refractivity contribution < 1.29 is 9.53 Å². The molecule has 3 rings (SSSR count). The second-order valence-electron chi connectivity index (χ2n) is 7.68. The second-order valence-corrected chi connectivity index (χ2v) is 7.68. The topological polar surface area (TPSA) is 95.1 Å². The summed E-state index contributed by atoms with van der Waals surface area (Å²) in [5.41, 5.74) is 9.96. The maximum Gasteiger partial charge on any atom is 0.223 e. The summed E-state index contributed by atoms with van der Waals surface area (Å²) in [4.78, 5) is 21.2. The molecule has 1 fully saturated rings. The van der Waals surface area contributed by atoms with Crippen molar-refractivity contribution in [2.45, 2.75) is 65.8 Å². The largest absolute Gasteiger partial charge is 0.382 e. The van der Waals surface area contributed by atoms with Crippen molar-refractivity contribution in [1.82, 2.24) is 19.9 Å². The molecule has 0 bridgehead atoms. The summed E-state index contributed by atoms with van der Waals surface area (Å²) in [5.74, 6) is 1.86. The number of imidazole rings is 1. The number of nitrogens with two attached hydrogens (primary N) is 1. The summed E-state index contributed by atoms with van der Waals surface area (Å²) < 4.78 is 7.97. The highest BCUT2D eigenvalue weighted by Crippen LogP contribution is 2.26. The van der Waals surface area contributed by atoms with Crippen molar-refractivity contribution in [3.8, 4) is 0 Å². The third-order valence-corrected chi connectivity index (χ3v) is 5.77. The summed E-state index contributed by atoms with van der Waals surface area (Å²) in [6.07, 6.45) is 6.48. The maximum atomic E-state index is 12.2. The standard InChI is InChI=1S/C21H33N5O2/c1-4-17-25-18-19(14(2)15(3)24-20(18)22)26(17)11-13-28-12-10-23-21(27)16-8-6-5-7-9-16/h16H,4-13H2,1-3H3,(H2,22,24)(H,23,27). The van der Waals surface area contributed by atoms with Gasteiger partial charge < -0.3 is 20.4 Å². The molecule has 1 aliphatic carbocycles. The number of aryl methyl sites for hydroxylation is 3. The molecular formula is C21H33N5O2. The van der Waals surface area contributed by atoms with E-state index in [4.69, 9.17) is 10.5 Å². The quantitative estimate of drug-likeness (QED) is 0.679. The fraction of sp³-hybridized carbons (Fsp3) is 0.667. The van der Waals surface area contributed by atoms with Crippen molar-refractivity contribution in [3.05, 3.63) is 17.1 Å². The first-order chi connectivity index (χ1) is 13.5. The van der Waals surface area contributed by atoms with Gasteiger partial charge in [0.2, 0.25) is 5.91 Å². The van der Waals surface area contributed by atoms with Crippen LogP contribution in [0.3, 0.4) is 0 Å². The Morgan fingerprint density at radius 3 is 2.68 bits per heavy atom. The summed E-state index contributed by atoms with van der Waals surface area (Å²) in [6, 6.07) is 0. The molecule has 0 radical (unpaired) electrons. The van der Waals surface area contributed by atoms with Crippen LogP contribution >= 0.6 is 0 Å². The average molecular weight is 388 g/mol. The molecule has 1 saturated carbocycles. The molecule has 0 saturated heterocycles. The molecule has 1 amide bonds. The Balaban J connectivity index is 1.52. The molecule has 2 heterocycles. The van der Waals surface area contributed by atoms with E-state index in [1.807, 2.05) is 6.92 Å². The Kier molecular flexibility index (Phi) is 6.88. The molecule has 7 nitrogen and oxygen atoms in total. The van der Waals surface area contributed by atoms with E-state index >= 15 is 0 Å². The lowest BCUT2D eigenvalue weighted by Gasteiger charge is -2.20. The molecule has 2 aromatic rings. The van der Waals surface area contributed by atoms with Gasteiger partial charge in [-0.3, -0.25) is 4.79 Å². The van der Waals surface area contributed by atoms with Gasteiger partial charge in [0, 0.05) is 31.1 Å². The van der Waals surface area contributed by atoms with E-state index in [1.54, 1.807) is 0 Å². The van der Waals surface area contributed by atoms with E-state index in [-0.39, 0.29) is 11.8 Å². The first-order valence-electron chi connectivity index (χ1n) is 10.5. The normalized spacial score (nSPS) is 15.2. The second kappa shape index (κ2) is 9.37. The molecule has 28 heavy (non-hydrogen) atoms. The summed E-state index contributed by atoms with van der Waals surface area (Å²) in [6.45, 7) is 8.48. The molecule has 0 spiro atoms. The Labute approximate surface area is 167 Å². The molecule has 0 unspecified atom stereocenters. The minimum absolute atomic E-state index is 0.186. The number of nitrogens with zero attached hydrogens (tertiary/aromatic N) is 3. The van der Waals surface area contributed by atoms with Crippen LogP contribution in [0.25, 0.3) is 11.0 Å². The average Bonchev–Trinajstić information content (AvgIpc) is 3.08. The number of nitrogen functional groups attached to an aromatic ring is 1. The van der Waals surface area contributed by atoms with E-state index in [0.29, 0.717) is 32.1 Å². The summed E-state index contributed by atoms with van der Waals surface area (Å²) in [7, 11) is 0. The fourth-order valence-electron chi connectivity index (χ4n) is 4.07. The number of rotatable bonds is 8. The molecule has 154 valence electrons. The Morgan fingerprint density at radius 1 is 1.21 bits per heavy atom. The van der Waals surface area contributed by atoms with E-state index < -0.39 is 0 Å². The first-order valence-corrected chi connectivity index (χ1v) is 10.5. The van der Waals surface area contributed by atoms with Crippen LogP contribution in [0.5, 0.6) is 0 Å². The number of pyridine rings is 1. The third kappa shape index (κ3) is 4.46. The number of carbonyl (C=O) groups is 1. The predicted molar refractivity (Wildman–Crippen MR) is 111 cm³/mol.